The lowest BCUT2D eigenvalue weighted by Crippen LogP contribution is -2.22. The van der Waals surface area contributed by atoms with Crippen LogP contribution in [0.2, 0.25) is 0 Å². The number of methoxy groups -OCH3 is 2. The number of aromatic nitrogens is 1. The van der Waals surface area contributed by atoms with E-state index < -0.39 is 5.97 Å². The molecule has 0 N–H and O–H groups in total. The molecular weight excluding hydrogens is 396 g/mol. The molecule has 1 heterocycles. The number of thioether (sulfide) groups is 1. The summed E-state index contributed by atoms with van der Waals surface area (Å²) in [6, 6.07) is 15.5. The van der Waals surface area contributed by atoms with Crippen LogP contribution in [0.4, 0.5) is 0 Å². The zero-order valence-corrected chi connectivity index (χ0v) is 17.2. The van der Waals surface area contributed by atoms with Crippen molar-refractivity contribution in [1.29, 1.82) is 0 Å². The van der Waals surface area contributed by atoms with Gasteiger partial charge in [0, 0.05) is 5.75 Å². The second-order valence-electron chi connectivity index (χ2n) is 5.86. The summed E-state index contributed by atoms with van der Waals surface area (Å²) >= 11 is 2.85. The van der Waals surface area contributed by atoms with Gasteiger partial charge in [0.2, 0.25) is 0 Å². The second kappa shape index (κ2) is 9.57. The summed E-state index contributed by atoms with van der Waals surface area (Å²) in [6.07, 6.45) is 0. The normalized spacial score (nSPS) is 11.6. The quantitative estimate of drug-likeness (QED) is 0.553. The van der Waals surface area contributed by atoms with Crippen LogP contribution in [0.1, 0.15) is 5.56 Å². The molecular formula is C20H20N2O4S2. The number of thiazole rings is 1. The van der Waals surface area contributed by atoms with Crippen LogP contribution < -0.4 is 9.54 Å². The van der Waals surface area contributed by atoms with E-state index in [2.05, 4.69) is 4.99 Å². The van der Waals surface area contributed by atoms with Crippen LogP contribution in [-0.4, -0.2) is 36.4 Å². The molecule has 1 amide bonds. The molecule has 0 bridgehead atoms. The summed E-state index contributed by atoms with van der Waals surface area (Å²) in [5, 5.41) is 0. The predicted molar refractivity (Wildman–Crippen MR) is 112 cm³/mol. The summed E-state index contributed by atoms with van der Waals surface area (Å²) in [5.41, 5.74) is 1.97. The lowest BCUT2D eigenvalue weighted by Gasteiger charge is -2.04. The summed E-state index contributed by atoms with van der Waals surface area (Å²) in [7, 11) is 2.93. The monoisotopic (exact) mass is 416 g/mol. The van der Waals surface area contributed by atoms with E-state index in [0.29, 0.717) is 10.6 Å². The standard InChI is InChI=1S/C20H20N2O4S2/c1-25-15-8-9-16-17(10-15)28-20(22(16)11-19(24)26-2)21-18(23)13-27-12-14-6-4-3-5-7-14/h3-10H,11-13H2,1-2H3. The van der Waals surface area contributed by atoms with Crippen molar-refractivity contribution >= 4 is 45.2 Å². The Labute approximate surface area is 170 Å². The van der Waals surface area contributed by atoms with Gasteiger partial charge in [-0.15, -0.1) is 11.8 Å². The van der Waals surface area contributed by atoms with Crippen LogP contribution in [0.5, 0.6) is 5.75 Å². The fraction of sp³-hybridized carbons (Fsp3) is 0.250. The lowest BCUT2D eigenvalue weighted by atomic mass is 10.2. The molecule has 0 aliphatic heterocycles. The van der Waals surface area contributed by atoms with Gasteiger partial charge < -0.3 is 14.0 Å². The fourth-order valence-corrected chi connectivity index (χ4v) is 4.43. The number of nitrogens with zero attached hydrogens (tertiary/aromatic N) is 2. The Morgan fingerprint density at radius 2 is 1.93 bits per heavy atom. The van der Waals surface area contributed by atoms with Gasteiger partial charge >= 0.3 is 5.97 Å². The van der Waals surface area contributed by atoms with Crippen molar-refractivity contribution in [1.82, 2.24) is 4.57 Å². The van der Waals surface area contributed by atoms with Gasteiger partial charge in [0.15, 0.2) is 4.80 Å². The Morgan fingerprint density at radius 1 is 1.14 bits per heavy atom. The number of hydrogen-bond acceptors (Lipinski definition) is 6. The SMILES string of the molecule is COC(=O)Cn1c(=NC(=O)CSCc2ccccc2)sc2cc(OC)ccc21. The maximum atomic E-state index is 12.4. The van der Waals surface area contributed by atoms with Crippen molar-refractivity contribution in [3.8, 4) is 5.75 Å². The maximum absolute atomic E-state index is 12.4. The highest BCUT2D eigenvalue weighted by atomic mass is 32.2. The highest BCUT2D eigenvalue weighted by Crippen LogP contribution is 2.23. The first-order valence-electron chi connectivity index (χ1n) is 8.54. The average Bonchev–Trinajstić information content (AvgIpc) is 3.04. The van der Waals surface area contributed by atoms with E-state index in [9.17, 15) is 9.59 Å². The van der Waals surface area contributed by atoms with E-state index in [1.165, 1.54) is 30.2 Å². The topological polar surface area (TPSA) is 69.9 Å². The van der Waals surface area contributed by atoms with Crippen LogP contribution in [0, 0.1) is 0 Å². The van der Waals surface area contributed by atoms with E-state index in [0.717, 1.165) is 21.5 Å². The third-order valence-corrected chi connectivity index (χ3v) is 5.99. The molecule has 0 saturated carbocycles. The van der Waals surface area contributed by atoms with Gasteiger partial charge in [-0.1, -0.05) is 41.7 Å². The van der Waals surface area contributed by atoms with Crippen LogP contribution in [-0.2, 0) is 26.6 Å². The molecule has 0 aliphatic carbocycles. The Morgan fingerprint density at radius 3 is 2.64 bits per heavy atom. The number of carbonyl (C=O) groups is 2. The van der Waals surface area contributed by atoms with E-state index >= 15 is 0 Å². The number of benzene rings is 2. The van der Waals surface area contributed by atoms with E-state index in [1.807, 2.05) is 48.5 Å². The summed E-state index contributed by atoms with van der Waals surface area (Å²) in [4.78, 5) is 28.9. The number of carbonyl (C=O) groups excluding carboxylic acids is 2. The zero-order valence-electron chi connectivity index (χ0n) is 15.6. The first-order chi connectivity index (χ1) is 13.6. The molecule has 0 atom stereocenters. The van der Waals surface area contributed by atoms with Crippen LogP contribution in [0.25, 0.3) is 10.2 Å². The Bertz CT molecular complexity index is 1040. The van der Waals surface area contributed by atoms with Crippen molar-refractivity contribution in [2.75, 3.05) is 20.0 Å². The number of hydrogen-bond donors (Lipinski definition) is 0. The third-order valence-electron chi connectivity index (χ3n) is 3.96. The van der Waals surface area contributed by atoms with Gasteiger partial charge in [-0.3, -0.25) is 9.59 Å². The lowest BCUT2D eigenvalue weighted by molar-refractivity contribution is -0.141. The van der Waals surface area contributed by atoms with Crippen LogP contribution in [0.15, 0.2) is 53.5 Å². The maximum Gasteiger partial charge on any atom is 0.325 e. The number of ether oxygens (including phenoxy) is 2. The molecule has 0 saturated heterocycles. The van der Waals surface area contributed by atoms with Crippen LogP contribution in [0.3, 0.4) is 0 Å². The smallest absolute Gasteiger partial charge is 0.325 e. The number of fused-ring (bicyclic) bond motifs is 1. The number of rotatable bonds is 7. The first-order valence-corrected chi connectivity index (χ1v) is 10.5. The van der Waals surface area contributed by atoms with Gasteiger partial charge in [-0.25, -0.2) is 0 Å². The minimum Gasteiger partial charge on any atom is -0.497 e. The largest absolute Gasteiger partial charge is 0.497 e. The van der Waals surface area contributed by atoms with Crippen molar-refractivity contribution in [2.24, 2.45) is 4.99 Å². The molecule has 0 radical (unpaired) electrons. The fourth-order valence-electron chi connectivity index (χ4n) is 2.58. The van der Waals surface area contributed by atoms with E-state index in [-0.39, 0.29) is 18.2 Å². The molecule has 0 unspecified atom stereocenters. The first kappa shape index (κ1) is 20.2. The third kappa shape index (κ3) is 5.02. The minimum absolute atomic E-state index is 0.00784. The molecule has 1 aromatic heterocycles. The highest BCUT2D eigenvalue weighted by Gasteiger charge is 2.12. The Hall–Kier alpha value is -2.58. The van der Waals surface area contributed by atoms with Gasteiger partial charge in [0.1, 0.15) is 12.3 Å². The average molecular weight is 417 g/mol. The number of esters is 1. The van der Waals surface area contributed by atoms with Crippen molar-refractivity contribution in [2.45, 2.75) is 12.3 Å². The van der Waals surface area contributed by atoms with Crippen LogP contribution >= 0.6 is 23.1 Å². The molecule has 146 valence electrons. The van der Waals surface area contributed by atoms with Crippen molar-refractivity contribution < 1.29 is 19.1 Å². The molecule has 0 aliphatic rings. The number of amides is 1. The molecule has 28 heavy (non-hydrogen) atoms. The minimum atomic E-state index is -0.400. The molecule has 3 aromatic rings. The predicted octanol–water partition coefficient (Wildman–Crippen LogP) is 3.25. The molecule has 3 rings (SSSR count). The van der Waals surface area contributed by atoms with E-state index in [1.54, 1.807) is 11.7 Å². The summed E-state index contributed by atoms with van der Waals surface area (Å²) in [5.74, 6) is 1.08. The van der Waals surface area contributed by atoms with Gasteiger partial charge in [0.25, 0.3) is 5.91 Å². The molecule has 0 spiro atoms. The zero-order chi connectivity index (χ0) is 19.9. The Kier molecular flexibility index (Phi) is 6.89. The highest BCUT2D eigenvalue weighted by molar-refractivity contribution is 7.99. The van der Waals surface area contributed by atoms with Gasteiger partial charge in [0.05, 0.1) is 30.2 Å². The molecule has 2 aromatic carbocycles. The molecule has 8 heteroatoms. The Balaban J connectivity index is 1.83. The molecule has 6 nitrogen and oxygen atoms in total. The summed E-state index contributed by atoms with van der Waals surface area (Å²) < 4.78 is 12.6. The van der Waals surface area contributed by atoms with Gasteiger partial charge in [-0.05, 0) is 23.8 Å². The van der Waals surface area contributed by atoms with Crippen molar-refractivity contribution in [3.63, 3.8) is 0 Å². The molecule has 0 fully saturated rings. The summed E-state index contributed by atoms with van der Waals surface area (Å²) in [6.45, 7) is -0.00784. The second-order valence-corrected chi connectivity index (χ2v) is 7.86. The van der Waals surface area contributed by atoms with Gasteiger partial charge in [-0.2, -0.15) is 4.99 Å². The van der Waals surface area contributed by atoms with E-state index in [4.69, 9.17) is 9.47 Å². The van der Waals surface area contributed by atoms with Crippen molar-refractivity contribution in [3.05, 3.63) is 58.9 Å².